The molecule has 110 valence electrons. The van der Waals surface area contributed by atoms with E-state index in [2.05, 4.69) is 20.2 Å². The highest BCUT2D eigenvalue weighted by atomic mass is 35.5. The second-order valence-electron chi connectivity index (χ2n) is 5.32. The number of piperidine rings is 1. The quantitative estimate of drug-likeness (QED) is 0.866. The Morgan fingerprint density at radius 3 is 3.00 bits per heavy atom. The summed E-state index contributed by atoms with van der Waals surface area (Å²) in [4.78, 5) is 22.1. The minimum atomic E-state index is 0.00688. The van der Waals surface area contributed by atoms with Crippen molar-refractivity contribution in [2.45, 2.75) is 25.8 Å². The third-order valence-electron chi connectivity index (χ3n) is 3.68. The molecule has 1 fully saturated rings. The molecular formula is C15H17ClN4O. The molecule has 1 aromatic carbocycles. The number of hydrogen-bond donors (Lipinski definition) is 1. The molecule has 0 aliphatic carbocycles. The highest BCUT2D eigenvalue weighted by Crippen LogP contribution is 2.27. The first-order valence-corrected chi connectivity index (χ1v) is 7.45. The summed E-state index contributed by atoms with van der Waals surface area (Å²) in [5.74, 6) is 0.855. The van der Waals surface area contributed by atoms with E-state index in [0.29, 0.717) is 0 Å². The van der Waals surface area contributed by atoms with E-state index in [-0.39, 0.29) is 17.2 Å². The fourth-order valence-corrected chi connectivity index (χ4v) is 3.02. The predicted molar refractivity (Wildman–Crippen MR) is 83.6 cm³/mol. The first-order chi connectivity index (χ1) is 10.1. The number of carbonyl (C=O) groups is 1. The van der Waals surface area contributed by atoms with Crippen LogP contribution in [0.1, 0.15) is 19.8 Å². The average Bonchev–Trinajstić information content (AvgIpc) is 2.46. The SMILES string of the molecule is CC(=O)N[C@@H]1CCCN(c2nc(Cl)nc3ccccc23)C1. The molecule has 1 amide bonds. The molecule has 1 aliphatic rings. The van der Waals surface area contributed by atoms with Crippen molar-refractivity contribution in [3.05, 3.63) is 29.5 Å². The number of anilines is 1. The maximum absolute atomic E-state index is 11.2. The van der Waals surface area contributed by atoms with E-state index >= 15 is 0 Å². The van der Waals surface area contributed by atoms with Crippen LogP contribution in [0, 0.1) is 0 Å². The third kappa shape index (κ3) is 3.08. The number of nitrogens with zero attached hydrogens (tertiary/aromatic N) is 3. The number of carbonyl (C=O) groups excluding carboxylic acids is 1. The van der Waals surface area contributed by atoms with Gasteiger partial charge in [-0.25, -0.2) is 4.98 Å². The molecule has 2 heterocycles. The number of halogens is 1. The number of aromatic nitrogens is 2. The lowest BCUT2D eigenvalue weighted by atomic mass is 10.1. The number of amides is 1. The van der Waals surface area contributed by atoms with Crippen molar-refractivity contribution in [1.29, 1.82) is 0 Å². The number of nitrogens with one attached hydrogen (secondary N) is 1. The van der Waals surface area contributed by atoms with Crippen LogP contribution >= 0.6 is 11.6 Å². The molecular weight excluding hydrogens is 288 g/mol. The van der Waals surface area contributed by atoms with Crippen LogP contribution in [-0.4, -0.2) is 35.0 Å². The summed E-state index contributed by atoms with van der Waals surface area (Å²) in [7, 11) is 0. The van der Waals surface area contributed by atoms with Crippen molar-refractivity contribution in [3.8, 4) is 0 Å². The van der Waals surface area contributed by atoms with Crippen LogP contribution < -0.4 is 10.2 Å². The number of para-hydroxylation sites is 1. The van der Waals surface area contributed by atoms with Crippen molar-refractivity contribution >= 4 is 34.2 Å². The summed E-state index contributed by atoms with van der Waals surface area (Å²) in [6, 6.07) is 8.00. The van der Waals surface area contributed by atoms with E-state index in [9.17, 15) is 4.79 Å². The Labute approximate surface area is 128 Å². The van der Waals surface area contributed by atoms with Gasteiger partial charge in [0, 0.05) is 31.4 Å². The lowest BCUT2D eigenvalue weighted by Crippen LogP contribution is -2.47. The molecule has 0 saturated carbocycles. The Hall–Kier alpha value is -1.88. The molecule has 5 nitrogen and oxygen atoms in total. The summed E-state index contributed by atoms with van der Waals surface area (Å²) in [5, 5.41) is 4.23. The van der Waals surface area contributed by atoms with Gasteiger partial charge in [0.05, 0.1) is 5.52 Å². The van der Waals surface area contributed by atoms with Gasteiger partial charge in [0.15, 0.2) is 0 Å². The van der Waals surface area contributed by atoms with Crippen LogP contribution in [0.25, 0.3) is 10.9 Å². The standard InChI is InChI=1S/C15H17ClN4O/c1-10(21)17-11-5-4-8-20(9-11)14-12-6-2-3-7-13(12)18-15(16)19-14/h2-3,6-7,11H,4-5,8-9H2,1H3,(H,17,21)/t11-/m1/s1. The minimum absolute atomic E-state index is 0.00688. The smallest absolute Gasteiger partial charge is 0.224 e. The van der Waals surface area contributed by atoms with Crippen LogP contribution in [0.5, 0.6) is 0 Å². The maximum atomic E-state index is 11.2. The van der Waals surface area contributed by atoms with Gasteiger partial charge in [0.2, 0.25) is 11.2 Å². The Morgan fingerprint density at radius 1 is 1.38 bits per heavy atom. The Kier molecular flexibility index (Phi) is 3.92. The number of fused-ring (bicyclic) bond motifs is 1. The number of hydrogen-bond acceptors (Lipinski definition) is 4. The van der Waals surface area contributed by atoms with Gasteiger partial charge in [0.25, 0.3) is 0 Å². The topological polar surface area (TPSA) is 58.1 Å². The summed E-state index contributed by atoms with van der Waals surface area (Å²) < 4.78 is 0. The van der Waals surface area contributed by atoms with E-state index in [1.54, 1.807) is 6.92 Å². The molecule has 2 aromatic rings. The van der Waals surface area contributed by atoms with Crippen molar-refractivity contribution in [2.24, 2.45) is 0 Å². The minimum Gasteiger partial charge on any atom is -0.354 e. The van der Waals surface area contributed by atoms with Gasteiger partial charge in [-0.15, -0.1) is 0 Å². The zero-order valence-electron chi connectivity index (χ0n) is 11.8. The third-order valence-corrected chi connectivity index (χ3v) is 3.85. The molecule has 0 bridgehead atoms. The van der Waals surface area contributed by atoms with E-state index in [1.165, 1.54) is 0 Å². The van der Waals surface area contributed by atoms with Crippen LogP contribution in [0.3, 0.4) is 0 Å². The number of benzene rings is 1. The molecule has 0 spiro atoms. The molecule has 6 heteroatoms. The largest absolute Gasteiger partial charge is 0.354 e. The maximum Gasteiger partial charge on any atom is 0.224 e. The highest BCUT2D eigenvalue weighted by Gasteiger charge is 2.23. The van der Waals surface area contributed by atoms with Gasteiger partial charge in [0.1, 0.15) is 5.82 Å². The van der Waals surface area contributed by atoms with E-state index in [4.69, 9.17) is 11.6 Å². The van der Waals surface area contributed by atoms with Crippen LogP contribution in [0.15, 0.2) is 24.3 Å². The van der Waals surface area contributed by atoms with E-state index < -0.39 is 0 Å². The first kappa shape index (κ1) is 14.1. The van der Waals surface area contributed by atoms with Crippen LogP contribution in [0.4, 0.5) is 5.82 Å². The molecule has 1 atom stereocenters. The van der Waals surface area contributed by atoms with Crippen molar-refractivity contribution in [2.75, 3.05) is 18.0 Å². The van der Waals surface area contributed by atoms with Gasteiger partial charge >= 0.3 is 0 Å². The van der Waals surface area contributed by atoms with Crippen LogP contribution in [0.2, 0.25) is 5.28 Å². The second-order valence-corrected chi connectivity index (χ2v) is 5.66. The molecule has 1 aromatic heterocycles. The Morgan fingerprint density at radius 2 is 2.19 bits per heavy atom. The van der Waals surface area contributed by atoms with Crippen molar-refractivity contribution < 1.29 is 4.79 Å². The molecule has 1 saturated heterocycles. The average molecular weight is 305 g/mol. The van der Waals surface area contributed by atoms with E-state index in [0.717, 1.165) is 42.7 Å². The van der Waals surface area contributed by atoms with Gasteiger partial charge in [-0.2, -0.15) is 4.98 Å². The lowest BCUT2D eigenvalue weighted by Gasteiger charge is -2.34. The Balaban J connectivity index is 1.94. The zero-order chi connectivity index (χ0) is 14.8. The second kappa shape index (κ2) is 5.85. The van der Waals surface area contributed by atoms with Crippen LogP contribution in [-0.2, 0) is 4.79 Å². The van der Waals surface area contributed by atoms with Gasteiger partial charge in [-0.3, -0.25) is 4.79 Å². The first-order valence-electron chi connectivity index (χ1n) is 7.08. The fraction of sp³-hybridized carbons (Fsp3) is 0.400. The summed E-state index contributed by atoms with van der Waals surface area (Å²) >= 11 is 6.05. The van der Waals surface area contributed by atoms with Gasteiger partial charge < -0.3 is 10.2 Å². The Bertz CT molecular complexity index is 676. The van der Waals surface area contributed by atoms with Crippen molar-refractivity contribution in [3.63, 3.8) is 0 Å². The monoisotopic (exact) mass is 304 g/mol. The number of rotatable bonds is 2. The van der Waals surface area contributed by atoms with Crippen molar-refractivity contribution in [1.82, 2.24) is 15.3 Å². The molecule has 0 radical (unpaired) electrons. The predicted octanol–water partition coefficient (Wildman–Crippen LogP) is 2.39. The summed E-state index contributed by atoms with van der Waals surface area (Å²) in [6.07, 6.45) is 2.01. The lowest BCUT2D eigenvalue weighted by molar-refractivity contribution is -0.119. The molecule has 3 rings (SSSR count). The molecule has 0 unspecified atom stereocenters. The molecule has 1 aliphatic heterocycles. The zero-order valence-corrected chi connectivity index (χ0v) is 12.6. The normalized spacial score (nSPS) is 18.8. The summed E-state index contributed by atoms with van der Waals surface area (Å²) in [5.41, 5.74) is 0.842. The fourth-order valence-electron chi connectivity index (χ4n) is 2.85. The molecule has 21 heavy (non-hydrogen) atoms. The molecule has 1 N–H and O–H groups in total. The van der Waals surface area contributed by atoms with Gasteiger partial charge in [-0.1, -0.05) is 12.1 Å². The van der Waals surface area contributed by atoms with Gasteiger partial charge in [-0.05, 0) is 36.6 Å². The highest BCUT2D eigenvalue weighted by molar-refractivity contribution is 6.28. The van der Waals surface area contributed by atoms with E-state index in [1.807, 2.05) is 24.3 Å². The summed E-state index contributed by atoms with van der Waals surface area (Å²) in [6.45, 7) is 3.21.